The van der Waals surface area contributed by atoms with Crippen molar-refractivity contribution in [3.63, 3.8) is 0 Å². The summed E-state index contributed by atoms with van der Waals surface area (Å²) in [6.07, 6.45) is 1.73. The van der Waals surface area contributed by atoms with Crippen LogP contribution in [0.2, 0.25) is 0 Å². The van der Waals surface area contributed by atoms with Gasteiger partial charge < -0.3 is 9.73 Å². The van der Waals surface area contributed by atoms with Crippen molar-refractivity contribution in [1.82, 2.24) is 9.97 Å². The number of nitrogens with zero attached hydrogens (tertiary/aromatic N) is 2. The highest BCUT2D eigenvalue weighted by molar-refractivity contribution is 6.09. The summed E-state index contributed by atoms with van der Waals surface area (Å²) in [7, 11) is 0. The van der Waals surface area contributed by atoms with E-state index in [-0.39, 0.29) is 5.91 Å². The molecule has 4 aromatic rings. The number of nitrogens with one attached hydrogen (secondary N) is 1. The number of oxazole rings is 1. The molecule has 4 rings (SSSR count). The van der Waals surface area contributed by atoms with E-state index in [1.54, 1.807) is 19.2 Å². The summed E-state index contributed by atoms with van der Waals surface area (Å²) in [6.45, 7) is 1.78. The predicted octanol–water partition coefficient (Wildman–Crippen LogP) is 3.94. The van der Waals surface area contributed by atoms with Crippen LogP contribution in [-0.2, 0) is 0 Å². The SMILES string of the molecule is Cc1nc2c(NC(=O)c3ccc4ncccc4c3)cccc2o1. The zero-order chi connectivity index (χ0) is 15.8. The average Bonchev–Trinajstić information content (AvgIpc) is 2.95. The first-order chi connectivity index (χ1) is 11.2. The molecule has 23 heavy (non-hydrogen) atoms. The van der Waals surface area contributed by atoms with Crippen molar-refractivity contribution in [3.8, 4) is 0 Å². The van der Waals surface area contributed by atoms with Gasteiger partial charge in [0.25, 0.3) is 5.91 Å². The van der Waals surface area contributed by atoms with Gasteiger partial charge in [-0.05, 0) is 36.4 Å². The van der Waals surface area contributed by atoms with Crippen LogP contribution in [0.15, 0.2) is 59.1 Å². The molecule has 1 amide bonds. The molecule has 2 heterocycles. The molecule has 0 spiro atoms. The number of para-hydroxylation sites is 1. The largest absolute Gasteiger partial charge is 0.441 e. The van der Waals surface area contributed by atoms with Gasteiger partial charge in [-0.25, -0.2) is 4.98 Å². The Morgan fingerprint density at radius 2 is 2.04 bits per heavy atom. The summed E-state index contributed by atoms with van der Waals surface area (Å²) in [5.74, 6) is 0.377. The molecule has 0 aliphatic rings. The molecule has 2 aromatic carbocycles. The molecule has 0 unspecified atom stereocenters. The highest BCUT2D eigenvalue weighted by Crippen LogP contribution is 2.24. The molecule has 0 bridgehead atoms. The van der Waals surface area contributed by atoms with Crippen LogP contribution in [0, 0.1) is 6.92 Å². The molecular weight excluding hydrogens is 290 g/mol. The van der Waals surface area contributed by atoms with Crippen molar-refractivity contribution < 1.29 is 9.21 Å². The van der Waals surface area contributed by atoms with E-state index in [4.69, 9.17) is 4.42 Å². The lowest BCUT2D eigenvalue weighted by atomic mass is 10.1. The average molecular weight is 303 g/mol. The van der Waals surface area contributed by atoms with Crippen molar-refractivity contribution in [2.45, 2.75) is 6.92 Å². The van der Waals surface area contributed by atoms with Gasteiger partial charge in [0.05, 0.1) is 11.2 Å². The highest BCUT2D eigenvalue weighted by Gasteiger charge is 2.12. The number of hydrogen-bond donors (Lipinski definition) is 1. The van der Waals surface area contributed by atoms with Crippen molar-refractivity contribution in [2.75, 3.05) is 5.32 Å². The smallest absolute Gasteiger partial charge is 0.255 e. The summed E-state index contributed by atoms with van der Waals surface area (Å²) in [5.41, 5.74) is 3.38. The number of rotatable bonds is 2. The van der Waals surface area contributed by atoms with E-state index < -0.39 is 0 Å². The van der Waals surface area contributed by atoms with Crippen LogP contribution in [0.1, 0.15) is 16.2 Å². The lowest BCUT2D eigenvalue weighted by Gasteiger charge is -2.06. The van der Waals surface area contributed by atoms with E-state index in [1.165, 1.54) is 0 Å². The minimum Gasteiger partial charge on any atom is -0.441 e. The Morgan fingerprint density at radius 1 is 1.13 bits per heavy atom. The Morgan fingerprint density at radius 3 is 2.96 bits per heavy atom. The Balaban J connectivity index is 1.70. The molecule has 112 valence electrons. The zero-order valence-corrected chi connectivity index (χ0v) is 12.4. The van der Waals surface area contributed by atoms with Crippen molar-refractivity contribution in [1.29, 1.82) is 0 Å². The molecule has 0 aliphatic carbocycles. The zero-order valence-electron chi connectivity index (χ0n) is 12.4. The number of anilines is 1. The van der Waals surface area contributed by atoms with Gasteiger partial charge in [0.15, 0.2) is 11.5 Å². The van der Waals surface area contributed by atoms with Gasteiger partial charge in [-0.3, -0.25) is 9.78 Å². The van der Waals surface area contributed by atoms with Gasteiger partial charge in [-0.1, -0.05) is 12.1 Å². The Bertz CT molecular complexity index is 1040. The van der Waals surface area contributed by atoms with Gasteiger partial charge in [0, 0.05) is 24.1 Å². The quantitative estimate of drug-likeness (QED) is 0.609. The Hall–Kier alpha value is -3.21. The third-order valence-corrected chi connectivity index (χ3v) is 3.64. The fourth-order valence-electron chi connectivity index (χ4n) is 2.57. The topological polar surface area (TPSA) is 68.0 Å². The highest BCUT2D eigenvalue weighted by atomic mass is 16.3. The van der Waals surface area contributed by atoms with Gasteiger partial charge >= 0.3 is 0 Å². The van der Waals surface area contributed by atoms with E-state index in [2.05, 4.69) is 15.3 Å². The van der Waals surface area contributed by atoms with Crippen LogP contribution in [0.3, 0.4) is 0 Å². The molecular formula is C18H13N3O2. The summed E-state index contributed by atoms with van der Waals surface area (Å²) < 4.78 is 5.48. The van der Waals surface area contributed by atoms with Crippen LogP contribution in [0.5, 0.6) is 0 Å². The Labute approximate surface area is 132 Å². The van der Waals surface area contributed by atoms with Crippen LogP contribution in [0.4, 0.5) is 5.69 Å². The fourth-order valence-corrected chi connectivity index (χ4v) is 2.57. The summed E-state index contributed by atoms with van der Waals surface area (Å²) in [6, 6.07) is 14.7. The minimum absolute atomic E-state index is 0.191. The van der Waals surface area contributed by atoms with E-state index in [1.807, 2.05) is 42.5 Å². The molecule has 0 saturated carbocycles. The summed E-state index contributed by atoms with van der Waals surface area (Å²) in [4.78, 5) is 21.1. The van der Waals surface area contributed by atoms with E-state index in [9.17, 15) is 4.79 Å². The molecule has 5 heteroatoms. The van der Waals surface area contributed by atoms with Gasteiger partial charge in [-0.2, -0.15) is 0 Å². The number of fused-ring (bicyclic) bond motifs is 2. The molecule has 0 saturated heterocycles. The summed E-state index contributed by atoms with van der Waals surface area (Å²) in [5, 5.41) is 3.82. The van der Waals surface area contributed by atoms with E-state index in [0.717, 1.165) is 10.9 Å². The first-order valence-corrected chi connectivity index (χ1v) is 7.23. The monoisotopic (exact) mass is 303 g/mol. The molecule has 0 fully saturated rings. The lowest BCUT2D eigenvalue weighted by molar-refractivity contribution is 0.102. The number of carbonyl (C=O) groups excluding carboxylic acids is 1. The van der Waals surface area contributed by atoms with Gasteiger partial charge in [0.1, 0.15) is 5.52 Å². The Kier molecular flexibility index (Phi) is 3.05. The number of hydrogen-bond acceptors (Lipinski definition) is 4. The molecule has 1 N–H and O–H groups in total. The first kappa shape index (κ1) is 13.5. The van der Waals surface area contributed by atoms with Crippen molar-refractivity contribution in [2.24, 2.45) is 0 Å². The molecule has 0 radical (unpaired) electrons. The predicted molar refractivity (Wildman–Crippen MR) is 88.4 cm³/mol. The molecule has 2 aromatic heterocycles. The fraction of sp³-hybridized carbons (Fsp3) is 0.0556. The van der Waals surface area contributed by atoms with Gasteiger partial charge in [-0.15, -0.1) is 0 Å². The van der Waals surface area contributed by atoms with E-state index in [0.29, 0.717) is 28.2 Å². The molecule has 0 atom stereocenters. The van der Waals surface area contributed by atoms with Crippen LogP contribution in [0.25, 0.3) is 22.0 Å². The number of amides is 1. The van der Waals surface area contributed by atoms with Crippen molar-refractivity contribution in [3.05, 3.63) is 66.2 Å². The second-order valence-electron chi connectivity index (χ2n) is 5.25. The maximum Gasteiger partial charge on any atom is 0.255 e. The van der Waals surface area contributed by atoms with Gasteiger partial charge in [0.2, 0.25) is 0 Å². The maximum absolute atomic E-state index is 12.5. The van der Waals surface area contributed by atoms with Crippen LogP contribution >= 0.6 is 0 Å². The number of pyridine rings is 1. The standard InChI is InChI=1S/C18H13N3O2/c1-11-20-17-15(5-2-6-16(17)23-11)21-18(22)13-7-8-14-12(10-13)4-3-9-19-14/h2-10H,1H3,(H,21,22). The molecule has 5 nitrogen and oxygen atoms in total. The number of benzene rings is 2. The number of aromatic nitrogens is 2. The number of aryl methyl sites for hydroxylation is 1. The molecule has 0 aliphatic heterocycles. The maximum atomic E-state index is 12.5. The normalized spacial score (nSPS) is 11.0. The van der Waals surface area contributed by atoms with Crippen LogP contribution in [-0.4, -0.2) is 15.9 Å². The minimum atomic E-state index is -0.191. The third-order valence-electron chi connectivity index (χ3n) is 3.64. The van der Waals surface area contributed by atoms with Crippen molar-refractivity contribution >= 4 is 33.6 Å². The second-order valence-corrected chi connectivity index (χ2v) is 5.25. The second kappa shape index (κ2) is 5.21. The first-order valence-electron chi connectivity index (χ1n) is 7.23. The lowest BCUT2D eigenvalue weighted by Crippen LogP contribution is -2.12. The summed E-state index contributed by atoms with van der Waals surface area (Å²) >= 11 is 0. The number of carbonyl (C=O) groups is 1. The third kappa shape index (κ3) is 2.42. The van der Waals surface area contributed by atoms with E-state index >= 15 is 0 Å². The van der Waals surface area contributed by atoms with Crippen LogP contribution < -0.4 is 5.32 Å².